The van der Waals surface area contributed by atoms with Gasteiger partial charge in [0.15, 0.2) is 0 Å². The van der Waals surface area contributed by atoms with Crippen LogP contribution in [0.5, 0.6) is 5.75 Å². The fourth-order valence-corrected chi connectivity index (χ4v) is 5.73. The van der Waals surface area contributed by atoms with Gasteiger partial charge in [-0.2, -0.15) is 0 Å². The van der Waals surface area contributed by atoms with Crippen LogP contribution in [-0.4, -0.2) is 44.8 Å². The van der Waals surface area contributed by atoms with E-state index in [4.69, 9.17) is 4.74 Å². The van der Waals surface area contributed by atoms with Crippen LogP contribution in [0.4, 0.5) is 0 Å². The monoisotopic (exact) mass is 563 g/mol. The number of hydrogen-bond acceptors (Lipinski definition) is 5. The Morgan fingerprint density at radius 1 is 0.950 bits per heavy atom. The molecular formula is C31H37N3O5S. The molecule has 1 fully saturated rings. The van der Waals surface area contributed by atoms with Crippen LogP contribution in [-0.2, 0) is 32.6 Å². The van der Waals surface area contributed by atoms with Gasteiger partial charge in [0.05, 0.1) is 12.0 Å². The Morgan fingerprint density at radius 3 is 2.20 bits per heavy atom. The zero-order valence-electron chi connectivity index (χ0n) is 23.0. The maximum Gasteiger partial charge on any atom is 0.247 e. The molecule has 3 aromatic rings. The van der Waals surface area contributed by atoms with Gasteiger partial charge in [0.25, 0.3) is 0 Å². The predicted octanol–water partition coefficient (Wildman–Crippen LogP) is 4.36. The molecule has 1 aliphatic carbocycles. The third kappa shape index (κ3) is 7.92. The molecule has 1 aliphatic rings. The normalized spacial score (nSPS) is 13.8. The van der Waals surface area contributed by atoms with Crippen LogP contribution in [0.1, 0.15) is 55.3 Å². The number of methoxy groups -OCH3 is 1. The van der Waals surface area contributed by atoms with Gasteiger partial charge < -0.3 is 15.0 Å². The van der Waals surface area contributed by atoms with Crippen LogP contribution >= 0.6 is 0 Å². The van der Waals surface area contributed by atoms with E-state index in [9.17, 15) is 18.0 Å². The minimum atomic E-state index is -3.54. The van der Waals surface area contributed by atoms with Crippen molar-refractivity contribution in [2.75, 3.05) is 13.7 Å². The lowest BCUT2D eigenvalue weighted by molar-refractivity contribution is -0.141. The molecule has 0 radical (unpaired) electrons. The van der Waals surface area contributed by atoms with Crippen LogP contribution in [0.2, 0.25) is 0 Å². The van der Waals surface area contributed by atoms with Crippen molar-refractivity contribution >= 4 is 21.8 Å². The average Bonchev–Trinajstić information content (AvgIpc) is 3.79. The van der Waals surface area contributed by atoms with Gasteiger partial charge in [0.2, 0.25) is 21.8 Å². The SMILES string of the molecule is CCCNC(=O)C(c1ccccc1)N(Cc1ccc(OC)cc1)C(=O)CCc1ccc(S(=O)(=O)NC2CC2)cc1. The zero-order chi connectivity index (χ0) is 28.5. The molecule has 0 bridgehead atoms. The molecule has 3 aromatic carbocycles. The van der Waals surface area contributed by atoms with Crippen LogP contribution < -0.4 is 14.8 Å². The number of benzene rings is 3. The quantitative estimate of drug-likeness (QED) is 0.303. The molecular weight excluding hydrogens is 526 g/mol. The lowest BCUT2D eigenvalue weighted by Gasteiger charge is -2.32. The van der Waals surface area contributed by atoms with E-state index in [1.165, 1.54) is 0 Å². The molecule has 0 spiro atoms. The van der Waals surface area contributed by atoms with Crippen molar-refractivity contribution in [3.8, 4) is 5.75 Å². The maximum atomic E-state index is 13.8. The Balaban J connectivity index is 1.55. The standard InChI is InChI=1S/C31H37N3O5S/c1-3-21-32-31(36)30(25-7-5-4-6-8-25)34(22-24-9-16-27(39-2)17-10-24)29(35)20-13-23-11-18-28(19-12-23)40(37,38)33-26-14-15-26/h4-12,16-19,26,30,33H,3,13-15,20-22H2,1-2H3,(H,32,36). The summed E-state index contributed by atoms with van der Waals surface area (Å²) in [6.07, 6.45) is 3.08. The second-order valence-electron chi connectivity index (χ2n) is 10.0. The average molecular weight is 564 g/mol. The zero-order valence-corrected chi connectivity index (χ0v) is 23.8. The van der Waals surface area contributed by atoms with Crippen molar-refractivity contribution in [3.63, 3.8) is 0 Å². The minimum Gasteiger partial charge on any atom is -0.497 e. The van der Waals surface area contributed by atoms with E-state index in [2.05, 4.69) is 10.0 Å². The third-order valence-corrected chi connectivity index (χ3v) is 8.35. The second kappa shape index (κ2) is 13.6. The highest BCUT2D eigenvalue weighted by Gasteiger charge is 2.31. The van der Waals surface area contributed by atoms with Crippen molar-refractivity contribution in [3.05, 3.63) is 95.6 Å². The Morgan fingerprint density at radius 2 is 1.60 bits per heavy atom. The lowest BCUT2D eigenvalue weighted by Crippen LogP contribution is -2.43. The van der Waals surface area contributed by atoms with Gasteiger partial charge in [-0.1, -0.05) is 61.5 Å². The highest BCUT2D eigenvalue weighted by molar-refractivity contribution is 7.89. The first-order valence-corrected chi connectivity index (χ1v) is 15.2. The molecule has 1 atom stereocenters. The summed E-state index contributed by atoms with van der Waals surface area (Å²) >= 11 is 0. The van der Waals surface area contributed by atoms with Crippen LogP contribution in [0.15, 0.2) is 83.8 Å². The van der Waals surface area contributed by atoms with E-state index in [0.29, 0.717) is 18.7 Å². The number of rotatable bonds is 14. The first kappa shape index (κ1) is 29.3. The van der Waals surface area contributed by atoms with E-state index in [-0.39, 0.29) is 35.7 Å². The van der Waals surface area contributed by atoms with Gasteiger partial charge in [-0.15, -0.1) is 0 Å². The molecule has 8 nitrogen and oxygen atoms in total. The smallest absolute Gasteiger partial charge is 0.247 e. The van der Waals surface area contributed by atoms with E-state index >= 15 is 0 Å². The molecule has 1 unspecified atom stereocenters. The molecule has 40 heavy (non-hydrogen) atoms. The summed E-state index contributed by atoms with van der Waals surface area (Å²) in [4.78, 5) is 29.1. The van der Waals surface area contributed by atoms with E-state index in [1.807, 2.05) is 61.5 Å². The Kier molecular flexibility index (Phi) is 9.95. The summed E-state index contributed by atoms with van der Waals surface area (Å²) in [5, 5.41) is 2.97. The molecule has 0 saturated heterocycles. The van der Waals surface area contributed by atoms with Crippen molar-refractivity contribution in [2.45, 2.75) is 62.6 Å². The lowest BCUT2D eigenvalue weighted by atomic mass is 10.0. The van der Waals surface area contributed by atoms with E-state index in [1.54, 1.807) is 36.3 Å². The summed E-state index contributed by atoms with van der Waals surface area (Å²) in [6, 6.07) is 22.6. The number of carbonyl (C=O) groups is 2. The number of nitrogens with one attached hydrogen (secondary N) is 2. The van der Waals surface area contributed by atoms with Gasteiger partial charge in [0, 0.05) is 25.6 Å². The van der Waals surface area contributed by atoms with Crippen LogP contribution in [0.25, 0.3) is 0 Å². The Labute approximate surface area is 236 Å². The highest BCUT2D eigenvalue weighted by atomic mass is 32.2. The van der Waals surface area contributed by atoms with Crippen molar-refractivity contribution in [1.82, 2.24) is 14.9 Å². The number of aryl methyl sites for hydroxylation is 1. The fourth-order valence-electron chi connectivity index (χ4n) is 4.42. The van der Waals surface area contributed by atoms with Gasteiger partial charge in [-0.25, -0.2) is 13.1 Å². The minimum absolute atomic E-state index is 0.0334. The Bertz CT molecular complexity index is 1370. The van der Waals surface area contributed by atoms with E-state index in [0.717, 1.165) is 36.0 Å². The second-order valence-corrected chi connectivity index (χ2v) is 11.7. The molecule has 212 valence electrons. The number of carbonyl (C=O) groups excluding carboxylic acids is 2. The summed E-state index contributed by atoms with van der Waals surface area (Å²) in [5.74, 6) is 0.302. The van der Waals surface area contributed by atoms with Crippen LogP contribution in [0, 0.1) is 0 Å². The maximum absolute atomic E-state index is 13.8. The summed E-state index contributed by atoms with van der Waals surface area (Å²) in [5.41, 5.74) is 2.45. The number of hydrogen-bond donors (Lipinski definition) is 2. The van der Waals surface area contributed by atoms with Gasteiger partial charge in [0.1, 0.15) is 11.8 Å². The van der Waals surface area contributed by atoms with Gasteiger partial charge >= 0.3 is 0 Å². The third-order valence-electron chi connectivity index (χ3n) is 6.82. The molecule has 4 rings (SSSR count). The van der Waals surface area contributed by atoms with Crippen molar-refractivity contribution in [2.24, 2.45) is 0 Å². The van der Waals surface area contributed by atoms with Gasteiger partial charge in [-0.05, 0) is 66.6 Å². The molecule has 0 aromatic heterocycles. The molecule has 1 saturated carbocycles. The molecule has 2 N–H and O–H groups in total. The first-order valence-electron chi connectivity index (χ1n) is 13.7. The fraction of sp³-hybridized carbons (Fsp3) is 0.355. The molecule has 0 aliphatic heterocycles. The number of ether oxygens (including phenoxy) is 1. The summed E-state index contributed by atoms with van der Waals surface area (Å²) in [7, 11) is -1.94. The molecule has 9 heteroatoms. The van der Waals surface area contributed by atoms with Gasteiger partial charge in [-0.3, -0.25) is 9.59 Å². The summed E-state index contributed by atoms with van der Waals surface area (Å²) in [6.45, 7) is 2.74. The number of sulfonamides is 1. The molecule has 2 amide bonds. The number of nitrogens with zero attached hydrogens (tertiary/aromatic N) is 1. The van der Waals surface area contributed by atoms with Crippen LogP contribution in [0.3, 0.4) is 0 Å². The Hall–Kier alpha value is -3.69. The molecule has 0 heterocycles. The van der Waals surface area contributed by atoms with Crippen molar-refractivity contribution in [1.29, 1.82) is 0 Å². The predicted molar refractivity (Wildman–Crippen MR) is 154 cm³/mol. The topological polar surface area (TPSA) is 105 Å². The number of amides is 2. The van der Waals surface area contributed by atoms with E-state index < -0.39 is 16.1 Å². The largest absolute Gasteiger partial charge is 0.497 e. The first-order chi connectivity index (χ1) is 19.3. The van der Waals surface area contributed by atoms with Crippen molar-refractivity contribution < 1.29 is 22.7 Å². The summed E-state index contributed by atoms with van der Waals surface area (Å²) < 4.78 is 32.9. The highest BCUT2D eigenvalue weighted by Crippen LogP contribution is 2.26.